The molecule has 3 aliphatic rings. The number of ether oxygens (including phenoxy) is 1. The lowest BCUT2D eigenvalue weighted by Gasteiger charge is -2.34. The number of rotatable bonds is 4. The van der Waals surface area contributed by atoms with Gasteiger partial charge in [-0.2, -0.15) is 0 Å². The molecule has 0 radical (unpaired) electrons. The Kier molecular flexibility index (Phi) is 8.22. The van der Waals surface area contributed by atoms with Crippen LogP contribution < -0.4 is 5.32 Å². The molecular formula is C23H37IN4O. The Labute approximate surface area is 193 Å². The van der Waals surface area contributed by atoms with E-state index in [1.54, 1.807) is 0 Å². The maximum absolute atomic E-state index is 5.68. The number of halogens is 1. The lowest BCUT2D eigenvalue weighted by molar-refractivity contribution is 0.152. The summed E-state index contributed by atoms with van der Waals surface area (Å²) in [6, 6.07) is 9.58. The average molecular weight is 512 g/mol. The van der Waals surface area contributed by atoms with E-state index in [1.165, 1.54) is 49.8 Å². The predicted molar refractivity (Wildman–Crippen MR) is 130 cm³/mol. The molecule has 1 N–H and O–H groups in total. The van der Waals surface area contributed by atoms with Crippen LogP contribution in [-0.2, 0) is 17.8 Å². The van der Waals surface area contributed by atoms with Crippen LogP contribution in [0, 0.1) is 5.41 Å². The Balaban J connectivity index is 0.00000240. The molecule has 0 saturated carbocycles. The third kappa shape index (κ3) is 5.44. The highest BCUT2D eigenvalue weighted by Crippen LogP contribution is 2.38. The smallest absolute Gasteiger partial charge is 0.193 e. The molecule has 5 nitrogen and oxygen atoms in total. The Hall–Kier alpha value is -0.860. The molecule has 1 aromatic carbocycles. The summed E-state index contributed by atoms with van der Waals surface area (Å²) in [5.74, 6) is 1.03. The molecule has 3 fully saturated rings. The van der Waals surface area contributed by atoms with Gasteiger partial charge in [-0.15, -0.1) is 24.0 Å². The summed E-state index contributed by atoms with van der Waals surface area (Å²) in [7, 11) is 1.90. The van der Waals surface area contributed by atoms with Crippen molar-refractivity contribution in [2.24, 2.45) is 10.4 Å². The minimum Gasteiger partial charge on any atom is -0.381 e. The van der Waals surface area contributed by atoms with Crippen LogP contribution in [0.4, 0.5) is 0 Å². The zero-order valence-corrected chi connectivity index (χ0v) is 20.4. The van der Waals surface area contributed by atoms with Crippen molar-refractivity contribution < 1.29 is 4.74 Å². The molecule has 6 heteroatoms. The number of benzene rings is 1. The molecule has 1 aromatic rings. The van der Waals surface area contributed by atoms with Gasteiger partial charge in [0.2, 0.25) is 0 Å². The van der Waals surface area contributed by atoms with Gasteiger partial charge in [0.1, 0.15) is 0 Å². The van der Waals surface area contributed by atoms with Crippen molar-refractivity contribution in [3.63, 3.8) is 0 Å². The van der Waals surface area contributed by atoms with Crippen molar-refractivity contribution in [2.45, 2.75) is 58.2 Å². The first-order chi connectivity index (χ1) is 13.7. The van der Waals surface area contributed by atoms with Crippen molar-refractivity contribution >= 4 is 29.9 Å². The van der Waals surface area contributed by atoms with E-state index in [9.17, 15) is 0 Å². The van der Waals surface area contributed by atoms with E-state index in [4.69, 9.17) is 4.74 Å². The first-order valence-corrected chi connectivity index (χ1v) is 11.0. The van der Waals surface area contributed by atoms with Crippen molar-refractivity contribution in [1.29, 1.82) is 0 Å². The predicted octanol–water partition coefficient (Wildman–Crippen LogP) is 3.87. The second-order valence-electron chi connectivity index (χ2n) is 8.96. The van der Waals surface area contributed by atoms with Gasteiger partial charge in [-0.25, -0.2) is 0 Å². The van der Waals surface area contributed by atoms with Crippen molar-refractivity contribution in [2.75, 3.05) is 39.9 Å². The average Bonchev–Trinajstić information content (AvgIpc) is 3.35. The summed E-state index contributed by atoms with van der Waals surface area (Å²) in [4.78, 5) is 9.64. The number of hydrogen-bond acceptors (Lipinski definition) is 3. The summed E-state index contributed by atoms with van der Waals surface area (Å²) >= 11 is 0. The topological polar surface area (TPSA) is 40.1 Å². The first-order valence-electron chi connectivity index (χ1n) is 11.0. The Morgan fingerprint density at radius 3 is 2.76 bits per heavy atom. The zero-order valence-electron chi connectivity index (χ0n) is 18.0. The summed E-state index contributed by atoms with van der Waals surface area (Å²) in [6.07, 6.45) is 6.44. The van der Waals surface area contributed by atoms with E-state index < -0.39 is 0 Å². The van der Waals surface area contributed by atoms with Crippen molar-refractivity contribution in [3.8, 4) is 0 Å². The fourth-order valence-electron chi connectivity index (χ4n) is 5.09. The maximum Gasteiger partial charge on any atom is 0.193 e. The molecule has 3 heterocycles. The fourth-order valence-corrected chi connectivity index (χ4v) is 5.09. The molecule has 3 aliphatic heterocycles. The molecule has 2 unspecified atom stereocenters. The maximum atomic E-state index is 5.68. The molecule has 2 atom stereocenters. The van der Waals surface area contributed by atoms with Gasteiger partial charge < -0.3 is 15.0 Å². The Morgan fingerprint density at radius 1 is 1.21 bits per heavy atom. The number of guanidine groups is 1. The number of hydrogen-bond donors (Lipinski definition) is 1. The van der Waals surface area contributed by atoms with E-state index in [0.717, 1.165) is 45.4 Å². The van der Waals surface area contributed by atoms with Crippen molar-refractivity contribution in [3.05, 3.63) is 35.4 Å². The van der Waals surface area contributed by atoms with E-state index in [2.05, 4.69) is 51.3 Å². The van der Waals surface area contributed by atoms with Gasteiger partial charge in [0, 0.05) is 51.3 Å². The third-order valence-corrected chi connectivity index (χ3v) is 7.00. The van der Waals surface area contributed by atoms with Gasteiger partial charge in [-0.3, -0.25) is 9.89 Å². The molecule has 0 bridgehead atoms. The third-order valence-electron chi connectivity index (χ3n) is 7.00. The molecule has 1 spiro atoms. The Morgan fingerprint density at radius 2 is 2.03 bits per heavy atom. The second-order valence-corrected chi connectivity index (χ2v) is 8.96. The van der Waals surface area contributed by atoms with Crippen LogP contribution in [0.5, 0.6) is 0 Å². The monoisotopic (exact) mass is 512 g/mol. The first kappa shape index (κ1) is 22.8. The number of aliphatic imine (C=N–C) groups is 1. The minimum absolute atomic E-state index is 0. The van der Waals surface area contributed by atoms with Gasteiger partial charge in [0.15, 0.2) is 5.96 Å². The highest BCUT2D eigenvalue weighted by molar-refractivity contribution is 14.0. The Bertz CT molecular complexity index is 689. The van der Waals surface area contributed by atoms with E-state index in [1.807, 2.05) is 7.05 Å². The normalized spacial score (nSPS) is 28.0. The number of nitrogens with zero attached hydrogens (tertiary/aromatic N) is 3. The molecule has 4 rings (SSSR count). The quantitative estimate of drug-likeness (QED) is 0.378. The van der Waals surface area contributed by atoms with Crippen LogP contribution in [-0.4, -0.2) is 61.7 Å². The number of piperidine rings is 1. The molecule has 162 valence electrons. The molecule has 3 saturated heterocycles. The van der Waals surface area contributed by atoms with E-state index in [0.29, 0.717) is 11.5 Å². The lowest BCUT2D eigenvalue weighted by Crippen LogP contribution is -2.41. The highest BCUT2D eigenvalue weighted by Gasteiger charge is 2.42. The fraction of sp³-hybridized carbons (Fsp3) is 0.696. The van der Waals surface area contributed by atoms with Crippen LogP contribution in [0.3, 0.4) is 0 Å². The van der Waals surface area contributed by atoms with Crippen LogP contribution in [0.25, 0.3) is 0 Å². The molecule has 29 heavy (non-hydrogen) atoms. The van der Waals surface area contributed by atoms with Gasteiger partial charge in [-0.1, -0.05) is 30.7 Å². The summed E-state index contributed by atoms with van der Waals surface area (Å²) in [5, 5.41) is 3.64. The van der Waals surface area contributed by atoms with E-state index in [-0.39, 0.29) is 24.0 Å². The van der Waals surface area contributed by atoms with Gasteiger partial charge in [-0.05, 0) is 50.3 Å². The van der Waals surface area contributed by atoms with Crippen molar-refractivity contribution in [1.82, 2.24) is 15.1 Å². The van der Waals surface area contributed by atoms with Crippen LogP contribution in [0.1, 0.15) is 50.2 Å². The lowest BCUT2D eigenvalue weighted by atomic mass is 9.87. The standard InChI is InChI=1S/C23H36N4O.HI/c1-19-7-5-6-12-26(19)16-21-9-4-3-8-20(21)15-25-22(24-2)27-13-10-23(17-27)11-14-28-18-23;/h3-4,8-9,19H,5-7,10-18H2,1-2H3,(H,24,25);1H. The summed E-state index contributed by atoms with van der Waals surface area (Å²) < 4.78 is 5.68. The zero-order chi connectivity index (χ0) is 19.4. The molecular weight excluding hydrogens is 475 g/mol. The number of likely N-dealkylation sites (tertiary alicyclic amines) is 2. The molecule has 0 aromatic heterocycles. The molecule has 0 aliphatic carbocycles. The largest absolute Gasteiger partial charge is 0.381 e. The second kappa shape index (κ2) is 10.4. The SMILES string of the molecule is CN=C(NCc1ccccc1CN1CCCCC1C)N1CCC2(CCOC2)C1.I. The summed E-state index contributed by atoms with van der Waals surface area (Å²) in [6.45, 7) is 9.47. The minimum atomic E-state index is 0. The van der Waals surface area contributed by atoms with E-state index >= 15 is 0 Å². The van der Waals surface area contributed by atoms with Gasteiger partial charge in [0.05, 0.1) is 6.61 Å². The molecule has 0 amide bonds. The van der Waals surface area contributed by atoms with Crippen LogP contribution in [0.15, 0.2) is 29.3 Å². The van der Waals surface area contributed by atoms with Crippen LogP contribution >= 0.6 is 24.0 Å². The summed E-state index contributed by atoms with van der Waals surface area (Å²) in [5.41, 5.74) is 3.20. The van der Waals surface area contributed by atoms with Gasteiger partial charge >= 0.3 is 0 Å². The number of nitrogens with one attached hydrogen (secondary N) is 1. The van der Waals surface area contributed by atoms with Crippen LogP contribution in [0.2, 0.25) is 0 Å². The highest BCUT2D eigenvalue weighted by atomic mass is 127. The van der Waals surface area contributed by atoms with Gasteiger partial charge in [0.25, 0.3) is 0 Å².